The van der Waals surface area contributed by atoms with Crippen LogP contribution in [0, 0.1) is 0 Å². The topological polar surface area (TPSA) is 65.0 Å². The number of furan rings is 2. The monoisotopic (exact) mass is 665 g/mol. The van der Waals surface area contributed by atoms with Gasteiger partial charge in [0.05, 0.1) is 0 Å². The molecule has 5 heteroatoms. The largest absolute Gasteiger partial charge is 0.456 e. The highest BCUT2D eigenvalue weighted by atomic mass is 16.3. The number of aromatic nitrogens is 3. The van der Waals surface area contributed by atoms with Crippen molar-refractivity contribution in [1.29, 1.82) is 0 Å². The number of rotatable bonds is 4. The van der Waals surface area contributed by atoms with Gasteiger partial charge in [0.25, 0.3) is 0 Å². The fraction of sp³-hybridized carbons (Fsp3) is 0. The number of para-hydroxylation sites is 2. The van der Waals surface area contributed by atoms with Crippen LogP contribution in [-0.4, -0.2) is 15.0 Å². The molecule has 0 saturated heterocycles. The molecular formula is C47H27N3O2. The van der Waals surface area contributed by atoms with E-state index < -0.39 is 0 Å². The molecule has 0 amide bonds. The first kappa shape index (κ1) is 28.7. The minimum Gasteiger partial charge on any atom is -0.456 e. The van der Waals surface area contributed by atoms with Crippen LogP contribution in [0.25, 0.3) is 111 Å². The molecule has 0 radical (unpaired) electrons. The average Bonchev–Trinajstić information content (AvgIpc) is 3.78. The lowest BCUT2D eigenvalue weighted by atomic mass is 9.92. The van der Waals surface area contributed by atoms with Gasteiger partial charge < -0.3 is 8.83 Å². The Kier molecular flexibility index (Phi) is 6.18. The van der Waals surface area contributed by atoms with Crippen LogP contribution in [0.3, 0.4) is 0 Å². The van der Waals surface area contributed by atoms with E-state index >= 15 is 0 Å². The highest BCUT2D eigenvalue weighted by molar-refractivity contribution is 6.14. The Morgan fingerprint density at radius 2 is 0.846 bits per heavy atom. The Balaban J connectivity index is 1.21. The van der Waals surface area contributed by atoms with E-state index in [0.29, 0.717) is 17.5 Å². The second-order valence-corrected chi connectivity index (χ2v) is 13.2. The molecule has 0 fully saturated rings. The van der Waals surface area contributed by atoms with Gasteiger partial charge in [0, 0.05) is 38.2 Å². The van der Waals surface area contributed by atoms with Gasteiger partial charge in [-0.15, -0.1) is 0 Å². The molecule has 0 atom stereocenters. The van der Waals surface area contributed by atoms with Crippen molar-refractivity contribution in [3.8, 4) is 45.3 Å². The van der Waals surface area contributed by atoms with E-state index in [4.69, 9.17) is 23.8 Å². The molecule has 11 rings (SSSR count). The average molecular weight is 666 g/mol. The van der Waals surface area contributed by atoms with Crippen molar-refractivity contribution < 1.29 is 8.83 Å². The van der Waals surface area contributed by atoms with Gasteiger partial charge in [-0.2, -0.15) is 0 Å². The Morgan fingerprint density at radius 3 is 1.63 bits per heavy atom. The molecule has 0 aliphatic carbocycles. The molecule has 0 unspecified atom stereocenters. The fourth-order valence-electron chi connectivity index (χ4n) is 7.60. The van der Waals surface area contributed by atoms with Crippen molar-refractivity contribution in [2.24, 2.45) is 0 Å². The molecule has 242 valence electrons. The summed E-state index contributed by atoms with van der Waals surface area (Å²) in [6.07, 6.45) is 0. The highest BCUT2D eigenvalue weighted by Gasteiger charge is 2.21. The van der Waals surface area contributed by atoms with Crippen molar-refractivity contribution in [2.75, 3.05) is 0 Å². The molecule has 52 heavy (non-hydrogen) atoms. The molecule has 0 bridgehead atoms. The summed E-state index contributed by atoms with van der Waals surface area (Å²) < 4.78 is 12.5. The third-order valence-corrected chi connectivity index (χ3v) is 10.1. The smallest absolute Gasteiger partial charge is 0.164 e. The molecule has 0 N–H and O–H groups in total. The van der Waals surface area contributed by atoms with Crippen LogP contribution in [0.2, 0.25) is 0 Å². The maximum Gasteiger partial charge on any atom is 0.164 e. The summed E-state index contributed by atoms with van der Waals surface area (Å²) in [5.74, 6) is 1.79. The lowest BCUT2D eigenvalue weighted by Crippen LogP contribution is -2.01. The van der Waals surface area contributed by atoms with E-state index in [2.05, 4.69) is 115 Å². The molecular weight excluding hydrogens is 639 g/mol. The Labute approximate surface area is 297 Å². The van der Waals surface area contributed by atoms with Crippen molar-refractivity contribution in [3.63, 3.8) is 0 Å². The van der Waals surface area contributed by atoms with Gasteiger partial charge in [0.15, 0.2) is 17.5 Å². The highest BCUT2D eigenvalue weighted by Crippen LogP contribution is 2.42. The van der Waals surface area contributed by atoms with E-state index in [9.17, 15) is 0 Å². The standard InChI is InChI=1S/C47H27N3O2/c1-2-11-29-24-32(21-20-28(29)10-1)45-48-46(33-22-23-42-38(27-33)34-14-5-7-17-40(34)51-42)50-47(49-45)39-26-31-13-4-3-12-30(31)25-37(39)35-16-9-19-43-44(35)36-15-6-8-18-41(36)52-43/h1-27H. The summed E-state index contributed by atoms with van der Waals surface area (Å²) in [6.45, 7) is 0. The van der Waals surface area contributed by atoms with E-state index in [1.807, 2.05) is 48.5 Å². The number of hydrogen-bond donors (Lipinski definition) is 0. The van der Waals surface area contributed by atoms with Gasteiger partial charge in [-0.05, 0) is 87.3 Å². The van der Waals surface area contributed by atoms with Gasteiger partial charge in [-0.1, -0.05) is 109 Å². The summed E-state index contributed by atoms with van der Waals surface area (Å²) in [6, 6.07) is 56.4. The van der Waals surface area contributed by atoms with Crippen LogP contribution >= 0.6 is 0 Å². The predicted octanol–water partition coefficient (Wildman–Crippen LogP) is 12.6. The molecule has 0 aliphatic rings. The SMILES string of the molecule is c1ccc2cc(-c3nc(-c4ccc5oc6ccccc6c5c4)nc(-c4cc5ccccc5cc4-c4cccc5oc6ccccc6c45)n3)ccc2c1. The molecule has 8 aromatic carbocycles. The van der Waals surface area contributed by atoms with Gasteiger partial charge >= 0.3 is 0 Å². The van der Waals surface area contributed by atoms with Crippen LogP contribution in [0.1, 0.15) is 0 Å². The fourth-order valence-corrected chi connectivity index (χ4v) is 7.60. The van der Waals surface area contributed by atoms with E-state index in [1.54, 1.807) is 0 Å². The van der Waals surface area contributed by atoms with Gasteiger partial charge in [-0.3, -0.25) is 0 Å². The minimum absolute atomic E-state index is 0.589. The third kappa shape index (κ3) is 4.53. The van der Waals surface area contributed by atoms with Gasteiger partial charge in [0.1, 0.15) is 22.3 Å². The van der Waals surface area contributed by atoms with Crippen LogP contribution in [0.5, 0.6) is 0 Å². The predicted molar refractivity (Wildman–Crippen MR) is 211 cm³/mol. The van der Waals surface area contributed by atoms with E-state index in [1.165, 1.54) is 0 Å². The van der Waals surface area contributed by atoms with Crippen molar-refractivity contribution in [2.45, 2.75) is 0 Å². The van der Waals surface area contributed by atoms with Crippen LogP contribution in [0.4, 0.5) is 0 Å². The van der Waals surface area contributed by atoms with Crippen LogP contribution < -0.4 is 0 Å². The van der Waals surface area contributed by atoms with Crippen LogP contribution in [0.15, 0.2) is 173 Å². The van der Waals surface area contributed by atoms with Crippen molar-refractivity contribution in [3.05, 3.63) is 164 Å². The second-order valence-electron chi connectivity index (χ2n) is 13.2. The van der Waals surface area contributed by atoms with Gasteiger partial charge in [0.2, 0.25) is 0 Å². The van der Waals surface area contributed by atoms with Crippen LogP contribution in [-0.2, 0) is 0 Å². The first-order valence-corrected chi connectivity index (χ1v) is 17.3. The number of nitrogens with zero attached hydrogens (tertiary/aromatic N) is 3. The first-order chi connectivity index (χ1) is 25.7. The van der Waals surface area contributed by atoms with E-state index in [0.717, 1.165) is 93.2 Å². The Bertz CT molecular complexity index is 3210. The molecule has 0 saturated carbocycles. The summed E-state index contributed by atoms with van der Waals surface area (Å²) in [5.41, 5.74) is 8.17. The summed E-state index contributed by atoms with van der Waals surface area (Å²) in [5, 5.41) is 8.73. The number of hydrogen-bond acceptors (Lipinski definition) is 5. The third-order valence-electron chi connectivity index (χ3n) is 10.1. The maximum atomic E-state index is 6.35. The summed E-state index contributed by atoms with van der Waals surface area (Å²) >= 11 is 0. The maximum absolute atomic E-state index is 6.35. The molecule has 0 aliphatic heterocycles. The summed E-state index contributed by atoms with van der Waals surface area (Å²) in [4.78, 5) is 15.7. The quantitative estimate of drug-likeness (QED) is 0.187. The second kappa shape index (κ2) is 11.2. The first-order valence-electron chi connectivity index (χ1n) is 17.3. The van der Waals surface area contributed by atoms with E-state index in [-0.39, 0.29) is 0 Å². The minimum atomic E-state index is 0.589. The molecule has 3 heterocycles. The molecule has 11 aromatic rings. The van der Waals surface area contributed by atoms with Gasteiger partial charge in [-0.25, -0.2) is 15.0 Å². The molecule has 5 nitrogen and oxygen atoms in total. The lowest BCUT2D eigenvalue weighted by Gasteiger charge is -2.15. The lowest BCUT2D eigenvalue weighted by molar-refractivity contribution is 0.668. The molecule has 0 spiro atoms. The Morgan fingerprint density at radius 1 is 0.308 bits per heavy atom. The number of fused-ring (bicyclic) bond motifs is 8. The zero-order valence-corrected chi connectivity index (χ0v) is 27.7. The van der Waals surface area contributed by atoms with Crippen molar-refractivity contribution >= 4 is 65.4 Å². The van der Waals surface area contributed by atoms with Crippen molar-refractivity contribution in [1.82, 2.24) is 15.0 Å². The zero-order valence-electron chi connectivity index (χ0n) is 27.7. The zero-order chi connectivity index (χ0) is 34.2. The normalized spacial score (nSPS) is 11.8. The molecule has 3 aromatic heterocycles. The summed E-state index contributed by atoms with van der Waals surface area (Å²) in [7, 11) is 0. The number of benzene rings is 8. The Hall–Kier alpha value is -7.11.